The number of hydrogen-bond donors (Lipinski definition) is 3. The molecule has 3 fully saturated rings. The maximum absolute atomic E-state index is 11.9. The summed E-state index contributed by atoms with van der Waals surface area (Å²) in [5.41, 5.74) is 2.58. The standard InChI is InChI=1S/C30H46O6/c1-6-16-35-28(34)36-29(3,4)27(33)14-9-20(2)25-12-13-26-22(8-7-15-30(25,26)5)11-10-21-17-23(31)19-24(32)18-21/h9-11,14,23-27,31-33H,2,6-8,12-13,15-19H2,1,3-5H3/b14-9+,22-11+/t23-,24-,25-,26+,27+,30-/m1/s1. The van der Waals surface area contributed by atoms with Gasteiger partial charge in [-0.25, -0.2) is 4.79 Å². The van der Waals surface area contributed by atoms with Gasteiger partial charge in [0.2, 0.25) is 0 Å². The molecule has 0 aromatic rings. The van der Waals surface area contributed by atoms with Crippen LogP contribution in [0.3, 0.4) is 0 Å². The van der Waals surface area contributed by atoms with Crippen molar-refractivity contribution in [3.8, 4) is 0 Å². The third kappa shape index (κ3) is 6.90. The van der Waals surface area contributed by atoms with Crippen molar-refractivity contribution in [1.29, 1.82) is 0 Å². The molecule has 0 amide bonds. The lowest BCUT2D eigenvalue weighted by Gasteiger charge is -2.42. The number of rotatable bonds is 8. The number of carbonyl (C=O) groups excluding carboxylic acids is 1. The van der Waals surface area contributed by atoms with Crippen molar-refractivity contribution in [2.45, 2.75) is 109 Å². The van der Waals surface area contributed by atoms with Gasteiger partial charge in [0.05, 0.1) is 18.8 Å². The van der Waals surface area contributed by atoms with Gasteiger partial charge >= 0.3 is 6.16 Å². The highest BCUT2D eigenvalue weighted by Gasteiger charge is 2.49. The molecule has 0 bridgehead atoms. The zero-order chi connectivity index (χ0) is 26.5. The Labute approximate surface area is 216 Å². The van der Waals surface area contributed by atoms with Gasteiger partial charge in [0, 0.05) is 0 Å². The summed E-state index contributed by atoms with van der Waals surface area (Å²) in [7, 11) is 0. The summed E-state index contributed by atoms with van der Waals surface area (Å²) in [5.74, 6) is 0.800. The van der Waals surface area contributed by atoms with Crippen LogP contribution in [0.25, 0.3) is 0 Å². The molecule has 6 heteroatoms. The Morgan fingerprint density at radius 2 is 1.92 bits per heavy atom. The van der Waals surface area contributed by atoms with E-state index in [1.807, 2.05) is 13.0 Å². The first-order valence-corrected chi connectivity index (χ1v) is 13.6. The topological polar surface area (TPSA) is 96.2 Å². The van der Waals surface area contributed by atoms with E-state index in [2.05, 4.69) is 25.7 Å². The van der Waals surface area contributed by atoms with E-state index in [0.717, 1.165) is 43.3 Å². The summed E-state index contributed by atoms with van der Waals surface area (Å²) in [6, 6.07) is 0. The van der Waals surface area contributed by atoms with Crippen LogP contribution in [0.2, 0.25) is 0 Å². The summed E-state index contributed by atoms with van der Waals surface area (Å²) in [6.45, 7) is 12.3. The van der Waals surface area contributed by atoms with E-state index in [-0.39, 0.29) is 12.0 Å². The average molecular weight is 503 g/mol. The van der Waals surface area contributed by atoms with E-state index in [0.29, 0.717) is 37.5 Å². The fraction of sp³-hybridized carbons (Fsp3) is 0.700. The number of allylic oxidation sites excluding steroid dienone is 5. The van der Waals surface area contributed by atoms with E-state index >= 15 is 0 Å². The Bertz CT molecular complexity index is 872. The number of ether oxygens (including phenoxy) is 2. The maximum atomic E-state index is 11.9. The van der Waals surface area contributed by atoms with Crippen molar-refractivity contribution in [2.24, 2.45) is 17.3 Å². The first-order valence-electron chi connectivity index (χ1n) is 13.6. The van der Waals surface area contributed by atoms with Crippen LogP contribution in [0.1, 0.15) is 85.5 Å². The lowest BCUT2D eigenvalue weighted by Crippen LogP contribution is -2.40. The number of aliphatic hydroxyl groups is 3. The Morgan fingerprint density at radius 3 is 2.58 bits per heavy atom. The molecule has 3 aliphatic carbocycles. The molecule has 3 saturated carbocycles. The van der Waals surface area contributed by atoms with Crippen LogP contribution in [-0.2, 0) is 9.47 Å². The van der Waals surface area contributed by atoms with Gasteiger partial charge in [0.25, 0.3) is 0 Å². The van der Waals surface area contributed by atoms with Crippen molar-refractivity contribution in [1.82, 2.24) is 0 Å². The summed E-state index contributed by atoms with van der Waals surface area (Å²) >= 11 is 0. The van der Waals surface area contributed by atoms with E-state index in [1.165, 1.54) is 5.57 Å². The first kappa shape index (κ1) is 28.7. The van der Waals surface area contributed by atoms with Crippen LogP contribution in [0.5, 0.6) is 0 Å². The van der Waals surface area contributed by atoms with Gasteiger partial charge in [-0.15, -0.1) is 0 Å². The molecule has 0 aromatic carbocycles. The van der Waals surface area contributed by atoms with Crippen molar-refractivity contribution in [2.75, 3.05) is 6.61 Å². The normalized spacial score (nSPS) is 32.9. The van der Waals surface area contributed by atoms with Crippen molar-refractivity contribution < 1.29 is 29.6 Å². The Kier molecular flexibility index (Phi) is 9.64. The smallest absolute Gasteiger partial charge is 0.434 e. The molecule has 6 nitrogen and oxygen atoms in total. The SMILES string of the molecule is C=C(/C=C/[C@H](O)C(C)(C)OC(=O)OCCC)[C@H]1CC[C@H]2/C(=C/C=C3C[C@@H](O)C[C@H](O)C3)CCC[C@]12C. The minimum atomic E-state index is -1.11. The molecule has 36 heavy (non-hydrogen) atoms. The monoisotopic (exact) mass is 502 g/mol. The molecule has 0 aromatic heterocycles. The van der Waals surface area contributed by atoms with E-state index in [4.69, 9.17) is 9.47 Å². The van der Waals surface area contributed by atoms with Crippen LogP contribution >= 0.6 is 0 Å². The molecule has 0 heterocycles. The summed E-state index contributed by atoms with van der Waals surface area (Å²) in [6.07, 6.45) is 13.3. The van der Waals surface area contributed by atoms with E-state index < -0.39 is 30.1 Å². The highest BCUT2D eigenvalue weighted by atomic mass is 16.7. The predicted molar refractivity (Wildman–Crippen MR) is 141 cm³/mol. The van der Waals surface area contributed by atoms with Gasteiger partial charge in [-0.3, -0.25) is 0 Å². The second-order valence-electron chi connectivity index (χ2n) is 11.7. The average Bonchev–Trinajstić information content (AvgIpc) is 3.16. The molecule has 0 radical (unpaired) electrons. The molecule has 0 spiro atoms. The van der Waals surface area contributed by atoms with Gasteiger partial charge in [0.15, 0.2) is 0 Å². The fourth-order valence-corrected chi connectivity index (χ4v) is 6.43. The van der Waals surface area contributed by atoms with Gasteiger partial charge in [-0.2, -0.15) is 0 Å². The number of hydrogen-bond acceptors (Lipinski definition) is 6. The molecule has 3 aliphatic rings. The van der Waals surface area contributed by atoms with Crippen LogP contribution < -0.4 is 0 Å². The zero-order valence-corrected chi connectivity index (χ0v) is 22.5. The minimum Gasteiger partial charge on any atom is -0.434 e. The number of aliphatic hydroxyl groups excluding tert-OH is 3. The van der Waals surface area contributed by atoms with E-state index in [9.17, 15) is 20.1 Å². The number of fused-ring (bicyclic) bond motifs is 1. The maximum Gasteiger partial charge on any atom is 0.508 e. The fourth-order valence-electron chi connectivity index (χ4n) is 6.43. The molecule has 0 unspecified atom stereocenters. The van der Waals surface area contributed by atoms with Gasteiger partial charge in [0.1, 0.15) is 11.7 Å². The molecule has 3 N–H and O–H groups in total. The molecule has 202 valence electrons. The second-order valence-corrected chi connectivity index (χ2v) is 11.7. The Balaban J connectivity index is 1.66. The van der Waals surface area contributed by atoms with E-state index in [1.54, 1.807) is 19.9 Å². The molecule has 0 saturated heterocycles. The van der Waals surface area contributed by atoms with Crippen molar-refractivity contribution >= 4 is 6.16 Å². The largest absolute Gasteiger partial charge is 0.508 e. The van der Waals surface area contributed by atoms with Gasteiger partial charge in [-0.05, 0) is 88.9 Å². The van der Waals surface area contributed by atoms with Crippen LogP contribution in [-0.4, -0.2) is 52.0 Å². The predicted octanol–water partition coefficient (Wildman–Crippen LogP) is 5.78. The van der Waals surface area contributed by atoms with Crippen LogP contribution in [0, 0.1) is 17.3 Å². The first-order chi connectivity index (χ1) is 17.0. The molecule has 6 atom stereocenters. The lowest BCUT2D eigenvalue weighted by atomic mass is 9.62. The molecular formula is C30H46O6. The zero-order valence-electron chi connectivity index (χ0n) is 22.5. The Morgan fingerprint density at radius 1 is 1.22 bits per heavy atom. The third-order valence-electron chi connectivity index (χ3n) is 8.46. The third-order valence-corrected chi connectivity index (χ3v) is 8.46. The highest BCUT2D eigenvalue weighted by Crippen LogP contribution is 2.59. The highest BCUT2D eigenvalue weighted by molar-refractivity contribution is 5.60. The van der Waals surface area contributed by atoms with Gasteiger partial charge < -0.3 is 24.8 Å². The second kappa shape index (κ2) is 12.1. The Hall–Kier alpha value is -1.89. The number of carbonyl (C=O) groups is 1. The van der Waals surface area contributed by atoms with Gasteiger partial charge in [-0.1, -0.05) is 61.4 Å². The van der Waals surface area contributed by atoms with Crippen LogP contribution in [0.15, 0.2) is 47.6 Å². The molecule has 0 aliphatic heterocycles. The summed E-state index contributed by atoms with van der Waals surface area (Å²) in [4.78, 5) is 11.9. The van der Waals surface area contributed by atoms with Crippen molar-refractivity contribution in [3.63, 3.8) is 0 Å². The summed E-state index contributed by atoms with van der Waals surface area (Å²) < 4.78 is 10.3. The lowest BCUT2D eigenvalue weighted by molar-refractivity contribution is -0.0666. The van der Waals surface area contributed by atoms with Crippen molar-refractivity contribution in [3.05, 3.63) is 47.6 Å². The molecule has 3 rings (SSSR count). The summed E-state index contributed by atoms with van der Waals surface area (Å²) in [5, 5.41) is 30.7. The molecular weight excluding hydrogens is 456 g/mol. The minimum absolute atomic E-state index is 0.108. The van der Waals surface area contributed by atoms with Crippen LogP contribution in [0.4, 0.5) is 4.79 Å². The quantitative estimate of drug-likeness (QED) is 0.288.